The second kappa shape index (κ2) is 8.73. The van der Waals surface area contributed by atoms with Crippen LogP contribution in [0.25, 0.3) is 16.6 Å². The number of hydrogen-bond acceptors (Lipinski definition) is 5. The van der Waals surface area contributed by atoms with Crippen LogP contribution in [0.2, 0.25) is 0 Å². The van der Waals surface area contributed by atoms with E-state index < -0.39 is 10.0 Å². The van der Waals surface area contributed by atoms with Crippen molar-refractivity contribution in [1.82, 2.24) is 24.3 Å². The van der Waals surface area contributed by atoms with E-state index in [1.807, 2.05) is 61.5 Å². The lowest BCUT2D eigenvalue weighted by atomic mass is 10.1. The molecule has 166 valence electrons. The van der Waals surface area contributed by atoms with Crippen LogP contribution in [0.5, 0.6) is 0 Å². The molecular formula is C25H23N5O2S. The Morgan fingerprint density at radius 3 is 2.39 bits per heavy atom. The maximum Gasteiger partial charge on any atom is 0.243 e. The van der Waals surface area contributed by atoms with Gasteiger partial charge in [-0.15, -0.1) is 5.10 Å². The van der Waals surface area contributed by atoms with Gasteiger partial charge in [0.05, 0.1) is 10.4 Å². The molecule has 0 bridgehead atoms. The van der Waals surface area contributed by atoms with Gasteiger partial charge in [-0.2, -0.15) is 8.82 Å². The van der Waals surface area contributed by atoms with E-state index in [-0.39, 0.29) is 11.4 Å². The van der Waals surface area contributed by atoms with Crippen LogP contribution in [0, 0.1) is 6.92 Å². The first-order valence-electron chi connectivity index (χ1n) is 10.7. The predicted octanol–water partition coefficient (Wildman–Crippen LogP) is 4.02. The maximum atomic E-state index is 13.6. The zero-order chi connectivity index (χ0) is 22.8. The van der Waals surface area contributed by atoms with Crippen molar-refractivity contribution in [3.05, 3.63) is 102 Å². The molecule has 0 atom stereocenters. The smallest absolute Gasteiger partial charge is 0.207 e. The molecule has 0 radical (unpaired) electrons. The molecule has 0 unspecified atom stereocenters. The molecule has 0 aliphatic heterocycles. The molecule has 0 aliphatic carbocycles. The van der Waals surface area contributed by atoms with Gasteiger partial charge in [-0.05, 0) is 59.7 Å². The summed E-state index contributed by atoms with van der Waals surface area (Å²) >= 11 is 0. The Bertz CT molecular complexity index is 1520. The minimum atomic E-state index is -3.73. The van der Waals surface area contributed by atoms with Crippen LogP contribution >= 0.6 is 0 Å². The molecule has 0 saturated heterocycles. The molecule has 0 amide bonds. The summed E-state index contributed by atoms with van der Waals surface area (Å²) in [7, 11) is -3.73. The first kappa shape index (κ1) is 21.2. The number of tetrazole rings is 1. The summed E-state index contributed by atoms with van der Waals surface area (Å²) < 4.78 is 30.4. The van der Waals surface area contributed by atoms with Gasteiger partial charge in [0.2, 0.25) is 10.0 Å². The number of nitrogens with zero attached hydrogens (tertiary/aromatic N) is 5. The van der Waals surface area contributed by atoms with Gasteiger partial charge in [0, 0.05) is 24.0 Å². The second-order valence-electron chi connectivity index (χ2n) is 8.03. The van der Waals surface area contributed by atoms with E-state index in [4.69, 9.17) is 0 Å². The van der Waals surface area contributed by atoms with Crippen LogP contribution in [0.15, 0.2) is 89.8 Å². The number of pyridine rings is 1. The first-order valence-corrected chi connectivity index (χ1v) is 12.2. The Kier molecular flexibility index (Phi) is 5.62. The van der Waals surface area contributed by atoms with Crippen molar-refractivity contribution >= 4 is 26.6 Å². The Morgan fingerprint density at radius 1 is 0.909 bits per heavy atom. The molecule has 0 spiro atoms. The van der Waals surface area contributed by atoms with Crippen molar-refractivity contribution < 1.29 is 8.42 Å². The minimum Gasteiger partial charge on any atom is -0.207 e. The summed E-state index contributed by atoms with van der Waals surface area (Å²) in [5.41, 5.74) is 4.38. The molecule has 33 heavy (non-hydrogen) atoms. The van der Waals surface area contributed by atoms with Crippen LogP contribution in [-0.4, -0.2) is 39.3 Å². The highest BCUT2D eigenvalue weighted by atomic mass is 32.2. The molecule has 0 saturated carbocycles. The highest BCUT2D eigenvalue weighted by Gasteiger charge is 2.26. The largest absolute Gasteiger partial charge is 0.243 e. The lowest BCUT2D eigenvalue weighted by Crippen LogP contribution is -2.32. The summed E-state index contributed by atoms with van der Waals surface area (Å²) in [5, 5.41) is 13.2. The zero-order valence-electron chi connectivity index (χ0n) is 18.2. The van der Waals surface area contributed by atoms with Gasteiger partial charge in [0.25, 0.3) is 0 Å². The van der Waals surface area contributed by atoms with Crippen LogP contribution in [0.1, 0.15) is 16.7 Å². The van der Waals surface area contributed by atoms with E-state index in [0.29, 0.717) is 18.6 Å². The van der Waals surface area contributed by atoms with E-state index in [9.17, 15) is 8.42 Å². The molecule has 3 aromatic carbocycles. The van der Waals surface area contributed by atoms with E-state index in [1.165, 1.54) is 4.31 Å². The van der Waals surface area contributed by atoms with Crippen molar-refractivity contribution in [3.63, 3.8) is 0 Å². The lowest BCUT2D eigenvalue weighted by molar-refractivity contribution is 0.410. The fourth-order valence-corrected chi connectivity index (χ4v) is 5.45. The van der Waals surface area contributed by atoms with E-state index in [1.54, 1.807) is 28.8 Å². The van der Waals surface area contributed by atoms with Crippen LogP contribution in [0.4, 0.5) is 0 Å². The Hall–Kier alpha value is -3.62. The summed E-state index contributed by atoms with van der Waals surface area (Å²) in [5.74, 6) is 0. The van der Waals surface area contributed by atoms with Crippen LogP contribution < -0.4 is 0 Å². The van der Waals surface area contributed by atoms with Gasteiger partial charge >= 0.3 is 0 Å². The standard InChI is InChI=1S/C25H23N5O2S/c1-19-12-13-24-21(16-19)17-22(25-26-27-28-30(24)25)18-29(15-14-20-8-4-2-5-9-20)33(31,32)23-10-6-3-7-11-23/h2-13,16-17H,14-15,18H2,1H3. The summed E-state index contributed by atoms with van der Waals surface area (Å²) in [6.07, 6.45) is 0.598. The molecule has 0 fully saturated rings. The SMILES string of the molecule is Cc1ccc2c(c1)cc(CN(CCc1ccccc1)S(=O)(=O)c1ccccc1)c1nnnn12. The van der Waals surface area contributed by atoms with Gasteiger partial charge in [0.15, 0.2) is 5.65 Å². The fraction of sp³-hybridized carbons (Fsp3) is 0.160. The third-order valence-corrected chi connectivity index (χ3v) is 7.58. The summed E-state index contributed by atoms with van der Waals surface area (Å²) in [4.78, 5) is 0.269. The van der Waals surface area contributed by atoms with E-state index >= 15 is 0 Å². The molecule has 0 N–H and O–H groups in total. The van der Waals surface area contributed by atoms with E-state index in [0.717, 1.165) is 27.6 Å². The third-order valence-electron chi connectivity index (χ3n) is 5.72. The minimum absolute atomic E-state index is 0.165. The number of aryl methyl sites for hydroxylation is 1. The van der Waals surface area contributed by atoms with Crippen molar-refractivity contribution in [2.75, 3.05) is 6.54 Å². The van der Waals surface area contributed by atoms with Crippen molar-refractivity contribution in [2.24, 2.45) is 0 Å². The van der Waals surface area contributed by atoms with Crippen molar-refractivity contribution in [3.8, 4) is 0 Å². The van der Waals surface area contributed by atoms with Crippen molar-refractivity contribution in [2.45, 2.75) is 24.8 Å². The second-order valence-corrected chi connectivity index (χ2v) is 9.97. The van der Waals surface area contributed by atoms with Gasteiger partial charge in [0.1, 0.15) is 0 Å². The third kappa shape index (κ3) is 4.22. The number of sulfonamides is 1. The number of aromatic nitrogens is 4. The molecule has 5 rings (SSSR count). The molecular weight excluding hydrogens is 434 g/mol. The monoisotopic (exact) mass is 457 g/mol. The predicted molar refractivity (Wildman–Crippen MR) is 127 cm³/mol. The number of fused-ring (bicyclic) bond motifs is 3. The topological polar surface area (TPSA) is 80.5 Å². The summed E-state index contributed by atoms with van der Waals surface area (Å²) in [6.45, 7) is 2.52. The van der Waals surface area contributed by atoms with Gasteiger partial charge in [-0.25, -0.2) is 8.42 Å². The average Bonchev–Trinajstić information content (AvgIpc) is 3.33. The number of benzene rings is 3. The molecule has 7 nitrogen and oxygen atoms in total. The molecule has 0 aliphatic rings. The highest BCUT2D eigenvalue weighted by molar-refractivity contribution is 7.89. The average molecular weight is 458 g/mol. The van der Waals surface area contributed by atoms with Crippen LogP contribution in [-0.2, 0) is 23.0 Å². The Morgan fingerprint density at radius 2 is 1.64 bits per heavy atom. The molecule has 2 heterocycles. The van der Waals surface area contributed by atoms with Crippen LogP contribution in [0.3, 0.4) is 0 Å². The highest BCUT2D eigenvalue weighted by Crippen LogP contribution is 2.24. The van der Waals surface area contributed by atoms with E-state index in [2.05, 4.69) is 21.6 Å². The Balaban J connectivity index is 1.58. The summed E-state index contributed by atoms with van der Waals surface area (Å²) in [6, 6.07) is 26.5. The number of hydrogen-bond donors (Lipinski definition) is 0. The zero-order valence-corrected chi connectivity index (χ0v) is 19.0. The molecule has 8 heteroatoms. The molecule has 5 aromatic rings. The number of rotatable bonds is 7. The quantitative estimate of drug-likeness (QED) is 0.369. The van der Waals surface area contributed by atoms with Crippen molar-refractivity contribution in [1.29, 1.82) is 0 Å². The van der Waals surface area contributed by atoms with Gasteiger partial charge < -0.3 is 0 Å². The first-order chi connectivity index (χ1) is 16.0. The van der Waals surface area contributed by atoms with Gasteiger partial charge in [-0.1, -0.05) is 60.2 Å². The molecule has 2 aromatic heterocycles. The maximum absolute atomic E-state index is 13.6. The van der Waals surface area contributed by atoms with Gasteiger partial charge in [-0.3, -0.25) is 0 Å². The fourth-order valence-electron chi connectivity index (χ4n) is 4.01. The Labute approximate surface area is 192 Å². The lowest BCUT2D eigenvalue weighted by Gasteiger charge is -2.23. The normalized spacial score (nSPS) is 12.1.